The number of nitrogens with one attached hydrogen (secondary N) is 2. The maximum Gasteiger partial charge on any atom is 0.252 e. The molecule has 0 spiro atoms. The second-order valence-corrected chi connectivity index (χ2v) is 8.92. The van der Waals surface area contributed by atoms with Gasteiger partial charge in [0.15, 0.2) is 9.84 Å². The molecule has 0 aromatic heterocycles. The highest BCUT2D eigenvalue weighted by Crippen LogP contribution is 2.26. The average Bonchev–Trinajstić information content (AvgIpc) is 2.60. The van der Waals surface area contributed by atoms with Gasteiger partial charge < -0.3 is 10.6 Å². The van der Waals surface area contributed by atoms with Crippen LogP contribution < -0.4 is 10.6 Å². The van der Waals surface area contributed by atoms with E-state index < -0.39 is 9.84 Å². The fourth-order valence-corrected chi connectivity index (χ4v) is 3.75. The quantitative estimate of drug-likeness (QED) is 0.845. The van der Waals surface area contributed by atoms with E-state index in [0.717, 1.165) is 23.1 Å². The van der Waals surface area contributed by atoms with E-state index in [0.29, 0.717) is 24.0 Å². The number of rotatable bonds is 4. The third-order valence-electron chi connectivity index (χ3n) is 4.75. The number of benzene rings is 2. The Hall–Kier alpha value is -2.67. The van der Waals surface area contributed by atoms with Crippen molar-refractivity contribution < 1.29 is 18.0 Å². The molecular formula is C20H22N2O4S. The van der Waals surface area contributed by atoms with Gasteiger partial charge in [-0.05, 0) is 55.2 Å². The SMILES string of the molecule is Cc1ccc(S(C)(=O)=O)cc1C(=O)NC(C)c1ccc2c(c1)CCC(=O)N2. The minimum atomic E-state index is -3.39. The molecule has 2 amide bonds. The summed E-state index contributed by atoms with van der Waals surface area (Å²) in [4.78, 5) is 24.3. The number of amides is 2. The van der Waals surface area contributed by atoms with Gasteiger partial charge in [-0.15, -0.1) is 0 Å². The zero-order valence-electron chi connectivity index (χ0n) is 15.5. The molecule has 0 aliphatic carbocycles. The normalized spacial score (nSPS) is 14.9. The fraction of sp³-hybridized carbons (Fsp3) is 0.300. The molecule has 1 unspecified atom stereocenters. The van der Waals surface area contributed by atoms with Crippen molar-refractivity contribution in [3.05, 3.63) is 58.7 Å². The zero-order chi connectivity index (χ0) is 19.8. The van der Waals surface area contributed by atoms with Gasteiger partial charge in [0.05, 0.1) is 10.9 Å². The molecule has 0 fully saturated rings. The largest absolute Gasteiger partial charge is 0.346 e. The summed E-state index contributed by atoms with van der Waals surface area (Å²) in [5, 5.41) is 5.76. The summed E-state index contributed by atoms with van der Waals surface area (Å²) in [6, 6.07) is 9.99. The first kappa shape index (κ1) is 19.1. The van der Waals surface area contributed by atoms with E-state index in [-0.39, 0.29) is 22.8 Å². The summed E-state index contributed by atoms with van der Waals surface area (Å²) in [7, 11) is -3.39. The van der Waals surface area contributed by atoms with Crippen molar-refractivity contribution in [2.75, 3.05) is 11.6 Å². The third kappa shape index (κ3) is 4.19. The molecule has 2 aromatic rings. The van der Waals surface area contributed by atoms with Crippen molar-refractivity contribution in [3.63, 3.8) is 0 Å². The number of carbonyl (C=O) groups is 2. The summed E-state index contributed by atoms with van der Waals surface area (Å²) in [5.74, 6) is -0.311. The maximum atomic E-state index is 12.7. The van der Waals surface area contributed by atoms with Gasteiger partial charge >= 0.3 is 0 Å². The van der Waals surface area contributed by atoms with E-state index in [1.165, 1.54) is 12.1 Å². The van der Waals surface area contributed by atoms with Gasteiger partial charge in [0.25, 0.3) is 5.91 Å². The number of hydrogen-bond acceptors (Lipinski definition) is 4. The molecule has 1 heterocycles. The summed E-state index contributed by atoms with van der Waals surface area (Å²) in [5.41, 5.74) is 3.83. The van der Waals surface area contributed by atoms with Crippen LogP contribution in [0, 0.1) is 6.92 Å². The molecule has 1 aliphatic rings. The Balaban J connectivity index is 1.81. The molecule has 2 aromatic carbocycles. The molecule has 1 aliphatic heterocycles. The molecule has 0 saturated heterocycles. The van der Waals surface area contributed by atoms with Crippen molar-refractivity contribution >= 4 is 27.3 Å². The Bertz CT molecular complexity index is 1030. The van der Waals surface area contributed by atoms with Crippen LogP contribution in [-0.2, 0) is 21.1 Å². The molecular weight excluding hydrogens is 364 g/mol. The molecule has 0 bridgehead atoms. The van der Waals surface area contributed by atoms with Gasteiger partial charge in [0, 0.05) is 23.9 Å². The second-order valence-electron chi connectivity index (χ2n) is 6.91. The highest BCUT2D eigenvalue weighted by atomic mass is 32.2. The molecule has 0 saturated carbocycles. The van der Waals surface area contributed by atoms with Gasteiger partial charge in [-0.3, -0.25) is 9.59 Å². The molecule has 1 atom stereocenters. The van der Waals surface area contributed by atoms with Gasteiger partial charge in [0.1, 0.15) is 0 Å². The van der Waals surface area contributed by atoms with Crippen LogP contribution in [0.15, 0.2) is 41.3 Å². The van der Waals surface area contributed by atoms with E-state index in [1.807, 2.05) is 25.1 Å². The topological polar surface area (TPSA) is 92.3 Å². The lowest BCUT2D eigenvalue weighted by Crippen LogP contribution is -2.28. The van der Waals surface area contributed by atoms with Crippen molar-refractivity contribution in [3.8, 4) is 0 Å². The predicted molar refractivity (Wildman–Crippen MR) is 104 cm³/mol. The first-order valence-corrected chi connectivity index (χ1v) is 10.6. The van der Waals surface area contributed by atoms with Crippen molar-refractivity contribution in [2.24, 2.45) is 0 Å². The predicted octanol–water partition coefficient (Wildman–Crippen LogP) is 2.77. The van der Waals surface area contributed by atoms with Crippen LogP contribution in [0.5, 0.6) is 0 Å². The number of anilines is 1. The van der Waals surface area contributed by atoms with Crippen LogP contribution in [0.1, 0.15) is 46.4 Å². The highest BCUT2D eigenvalue weighted by Gasteiger charge is 2.19. The number of fused-ring (bicyclic) bond motifs is 1. The smallest absolute Gasteiger partial charge is 0.252 e. The first-order valence-electron chi connectivity index (χ1n) is 8.69. The summed E-state index contributed by atoms with van der Waals surface area (Å²) in [6.07, 6.45) is 2.24. The maximum absolute atomic E-state index is 12.7. The van der Waals surface area contributed by atoms with Gasteiger partial charge in [-0.2, -0.15) is 0 Å². The van der Waals surface area contributed by atoms with Gasteiger partial charge in [-0.1, -0.05) is 18.2 Å². The minimum absolute atomic E-state index is 0.0119. The van der Waals surface area contributed by atoms with E-state index in [4.69, 9.17) is 0 Å². The molecule has 27 heavy (non-hydrogen) atoms. The Morgan fingerprint density at radius 3 is 2.59 bits per heavy atom. The van der Waals surface area contributed by atoms with E-state index in [9.17, 15) is 18.0 Å². The highest BCUT2D eigenvalue weighted by molar-refractivity contribution is 7.90. The minimum Gasteiger partial charge on any atom is -0.346 e. The van der Waals surface area contributed by atoms with Crippen LogP contribution in [0.3, 0.4) is 0 Å². The van der Waals surface area contributed by atoms with E-state index in [1.54, 1.807) is 13.0 Å². The number of sulfone groups is 1. The molecule has 2 N–H and O–H groups in total. The van der Waals surface area contributed by atoms with Gasteiger partial charge in [0.2, 0.25) is 5.91 Å². The van der Waals surface area contributed by atoms with Crippen LogP contribution in [0.25, 0.3) is 0 Å². The fourth-order valence-electron chi connectivity index (χ4n) is 3.11. The van der Waals surface area contributed by atoms with Gasteiger partial charge in [-0.25, -0.2) is 8.42 Å². The Labute approximate surface area is 158 Å². The number of carbonyl (C=O) groups excluding carboxylic acids is 2. The zero-order valence-corrected chi connectivity index (χ0v) is 16.3. The monoisotopic (exact) mass is 386 g/mol. The van der Waals surface area contributed by atoms with Crippen molar-refractivity contribution in [1.82, 2.24) is 5.32 Å². The van der Waals surface area contributed by atoms with Crippen LogP contribution in [0.4, 0.5) is 5.69 Å². The molecule has 0 radical (unpaired) electrons. The molecule has 6 nitrogen and oxygen atoms in total. The second kappa shape index (κ2) is 7.15. The van der Waals surface area contributed by atoms with Crippen LogP contribution in [-0.4, -0.2) is 26.5 Å². The third-order valence-corrected chi connectivity index (χ3v) is 5.86. The Morgan fingerprint density at radius 2 is 1.89 bits per heavy atom. The van der Waals surface area contributed by atoms with Crippen molar-refractivity contribution in [1.29, 1.82) is 0 Å². The van der Waals surface area contributed by atoms with E-state index in [2.05, 4.69) is 10.6 Å². The molecule has 7 heteroatoms. The summed E-state index contributed by atoms with van der Waals surface area (Å²) < 4.78 is 23.5. The lowest BCUT2D eigenvalue weighted by molar-refractivity contribution is -0.116. The average molecular weight is 386 g/mol. The molecule has 3 rings (SSSR count). The first-order chi connectivity index (χ1) is 12.6. The molecule has 142 valence electrons. The standard InChI is InChI=1S/C20H22N2O4S/c1-12-4-7-16(27(3,25)26)11-17(12)20(24)21-13(2)14-5-8-18-15(10-14)6-9-19(23)22-18/h4-5,7-8,10-11,13H,6,9H2,1-3H3,(H,21,24)(H,22,23). The lowest BCUT2D eigenvalue weighted by Gasteiger charge is -2.21. The Morgan fingerprint density at radius 1 is 1.15 bits per heavy atom. The van der Waals surface area contributed by atoms with Crippen molar-refractivity contribution in [2.45, 2.75) is 37.6 Å². The summed E-state index contributed by atoms with van der Waals surface area (Å²) in [6.45, 7) is 3.64. The Kier molecular flexibility index (Phi) is 5.06. The summed E-state index contributed by atoms with van der Waals surface area (Å²) >= 11 is 0. The number of hydrogen-bond donors (Lipinski definition) is 2. The van der Waals surface area contributed by atoms with Crippen LogP contribution >= 0.6 is 0 Å². The number of aryl methyl sites for hydroxylation is 2. The lowest BCUT2D eigenvalue weighted by atomic mass is 9.97. The van der Waals surface area contributed by atoms with E-state index >= 15 is 0 Å². The van der Waals surface area contributed by atoms with Crippen LogP contribution in [0.2, 0.25) is 0 Å².